The van der Waals surface area contributed by atoms with Gasteiger partial charge in [-0.2, -0.15) is 0 Å². The molecule has 7 nitrogen and oxygen atoms in total. The highest BCUT2D eigenvalue weighted by Crippen LogP contribution is 2.29. The van der Waals surface area contributed by atoms with Crippen LogP contribution in [0, 0.1) is 15.9 Å². The lowest BCUT2D eigenvalue weighted by Crippen LogP contribution is -2.31. The number of hydrogen-bond acceptors (Lipinski definition) is 5. The van der Waals surface area contributed by atoms with Gasteiger partial charge in [0, 0.05) is 24.7 Å². The molecule has 0 unspecified atom stereocenters. The molecule has 0 fully saturated rings. The molecule has 2 aromatic carbocycles. The number of carbonyl (C=O) groups excluding carboxylic acids is 1. The smallest absolute Gasteiger partial charge is 0.312 e. The second-order valence-electron chi connectivity index (χ2n) is 5.38. The molecule has 0 saturated heterocycles. The van der Waals surface area contributed by atoms with Crippen LogP contribution in [0.3, 0.4) is 0 Å². The number of nitro benzene ring substituents is 1. The second kappa shape index (κ2) is 8.48. The highest BCUT2D eigenvalue weighted by molar-refractivity contribution is 6.30. The van der Waals surface area contributed by atoms with Gasteiger partial charge in [0.15, 0.2) is 23.9 Å². The number of benzene rings is 2. The van der Waals surface area contributed by atoms with Crippen molar-refractivity contribution in [3.05, 3.63) is 62.9 Å². The minimum Gasteiger partial charge on any atom is -0.494 e. The van der Waals surface area contributed by atoms with E-state index < -0.39 is 23.3 Å². The van der Waals surface area contributed by atoms with Crippen LogP contribution in [0.4, 0.5) is 10.1 Å². The predicted molar refractivity (Wildman–Crippen MR) is 93.0 cm³/mol. The number of nitrogens with zero attached hydrogens (tertiary/aromatic N) is 2. The lowest BCUT2D eigenvalue weighted by molar-refractivity contribution is -0.385. The fourth-order valence-electron chi connectivity index (χ4n) is 2.18. The summed E-state index contributed by atoms with van der Waals surface area (Å²) in [6.07, 6.45) is 0. The number of likely N-dealkylation sites (N-methyl/N-ethyl adjacent to an activating group) is 1. The van der Waals surface area contributed by atoms with Crippen LogP contribution in [-0.2, 0) is 11.3 Å². The van der Waals surface area contributed by atoms with Crippen LogP contribution in [-0.4, -0.2) is 36.5 Å². The minimum absolute atomic E-state index is 0.0587. The SMILES string of the molecule is COc1ccc(CN(C)C(=O)COc2ccc(Cl)cc2[N+](=O)[O-])cc1F. The summed E-state index contributed by atoms with van der Waals surface area (Å²) in [6.45, 7) is -0.260. The molecule has 0 N–H and O–H groups in total. The van der Waals surface area contributed by atoms with Gasteiger partial charge in [-0.25, -0.2) is 4.39 Å². The second-order valence-corrected chi connectivity index (χ2v) is 5.81. The molecule has 0 spiro atoms. The molecule has 0 aromatic heterocycles. The lowest BCUT2D eigenvalue weighted by atomic mass is 10.2. The van der Waals surface area contributed by atoms with E-state index in [1.807, 2.05) is 0 Å². The average molecular weight is 383 g/mol. The van der Waals surface area contributed by atoms with E-state index in [9.17, 15) is 19.3 Å². The summed E-state index contributed by atoms with van der Waals surface area (Å²) in [5.41, 5.74) is 0.238. The Kier molecular flexibility index (Phi) is 6.35. The van der Waals surface area contributed by atoms with Gasteiger partial charge in [-0.05, 0) is 29.8 Å². The van der Waals surface area contributed by atoms with Crippen LogP contribution >= 0.6 is 11.6 Å². The molecule has 0 aliphatic carbocycles. The van der Waals surface area contributed by atoms with Crippen molar-refractivity contribution in [2.45, 2.75) is 6.54 Å². The zero-order chi connectivity index (χ0) is 19.3. The number of carbonyl (C=O) groups is 1. The molecule has 0 aliphatic heterocycles. The van der Waals surface area contributed by atoms with Crippen molar-refractivity contribution in [2.75, 3.05) is 20.8 Å². The molecule has 0 radical (unpaired) electrons. The van der Waals surface area contributed by atoms with Crippen LogP contribution in [0.15, 0.2) is 36.4 Å². The van der Waals surface area contributed by atoms with Gasteiger partial charge < -0.3 is 14.4 Å². The van der Waals surface area contributed by atoms with E-state index in [1.165, 1.54) is 43.3 Å². The van der Waals surface area contributed by atoms with Gasteiger partial charge in [0.25, 0.3) is 5.91 Å². The van der Waals surface area contributed by atoms with E-state index in [0.717, 1.165) is 6.07 Å². The number of halogens is 2. The molecule has 0 atom stereocenters. The van der Waals surface area contributed by atoms with Gasteiger partial charge in [0.2, 0.25) is 0 Å². The van der Waals surface area contributed by atoms with Crippen LogP contribution in [0.1, 0.15) is 5.56 Å². The summed E-state index contributed by atoms with van der Waals surface area (Å²) in [5.74, 6) is -0.901. The quantitative estimate of drug-likeness (QED) is 0.541. The Balaban J connectivity index is 2.00. The number of hydrogen-bond donors (Lipinski definition) is 0. The summed E-state index contributed by atoms with van der Waals surface area (Å²) in [4.78, 5) is 23.8. The highest BCUT2D eigenvalue weighted by atomic mass is 35.5. The first-order chi connectivity index (χ1) is 12.3. The summed E-state index contributed by atoms with van der Waals surface area (Å²) >= 11 is 5.72. The van der Waals surface area contributed by atoms with Gasteiger partial charge in [-0.3, -0.25) is 14.9 Å². The highest BCUT2D eigenvalue weighted by Gasteiger charge is 2.18. The number of rotatable bonds is 7. The number of ether oxygens (including phenoxy) is 2. The molecule has 2 rings (SSSR count). The minimum atomic E-state index is -0.643. The third kappa shape index (κ3) is 4.82. The Labute approximate surface area is 154 Å². The van der Waals surface area contributed by atoms with Crippen LogP contribution in [0.2, 0.25) is 5.02 Å². The Morgan fingerprint density at radius 3 is 2.58 bits per heavy atom. The van der Waals surface area contributed by atoms with E-state index in [-0.39, 0.29) is 28.8 Å². The van der Waals surface area contributed by atoms with Crippen molar-refractivity contribution in [1.82, 2.24) is 4.90 Å². The van der Waals surface area contributed by atoms with Gasteiger partial charge in [0.1, 0.15) is 0 Å². The van der Waals surface area contributed by atoms with Crippen molar-refractivity contribution in [1.29, 1.82) is 0 Å². The number of methoxy groups -OCH3 is 1. The molecular formula is C17H16ClFN2O5. The normalized spacial score (nSPS) is 10.3. The molecule has 2 aromatic rings. The Morgan fingerprint density at radius 2 is 1.96 bits per heavy atom. The maximum absolute atomic E-state index is 13.7. The topological polar surface area (TPSA) is 81.9 Å². The summed E-state index contributed by atoms with van der Waals surface area (Å²) in [5, 5.41) is 11.2. The molecule has 0 heterocycles. The third-order valence-corrected chi connectivity index (χ3v) is 3.77. The fourth-order valence-corrected chi connectivity index (χ4v) is 2.34. The maximum atomic E-state index is 13.7. The molecule has 9 heteroatoms. The van der Waals surface area contributed by atoms with Crippen LogP contribution in [0.5, 0.6) is 11.5 Å². The Morgan fingerprint density at radius 1 is 1.27 bits per heavy atom. The molecule has 138 valence electrons. The van der Waals surface area contributed by atoms with E-state index >= 15 is 0 Å². The first kappa shape index (κ1) is 19.5. The maximum Gasteiger partial charge on any atom is 0.312 e. The van der Waals surface area contributed by atoms with Gasteiger partial charge in [-0.15, -0.1) is 0 Å². The van der Waals surface area contributed by atoms with Gasteiger partial charge in [0.05, 0.1) is 12.0 Å². The van der Waals surface area contributed by atoms with Crippen molar-refractivity contribution in [3.8, 4) is 11.5 Å². The monoisotopic (exact) mass is 382 g/mol. The zero-order valence-electron chi connectivity index (χ0n) is 14.1. The van der Waals surface area contributed by atoms with Crippen molar-refractivity contribution < 1.29 is 23.6 Å². The van der Waals surface area contributed by atoms with Gasteiger partial charge >= 0.3 is 5.69 Å². The van der Waals surface area contributed by atoms with E-state index in [0.29, 0.717) is 5.56 Å². The van der Waals surface area contributed by atoms with E-state index in [2.05, 4.69) is 0 Å². The van der Waals surface area contributed by atoms with E-state index in [1.54, 1.807) is 6.07 Å². The Bertz CT molecular complexity index is 831. The molecule has 1 amide bonds. The van der Waals surface area contributed by atoms with Gasteiger partial charge in [-0.1, -0.05) is 17.7 Å². The summed E-state index contributed by atoms with van der Waals surface area (Å²) in [6, 6.07) is 8.27. The average Bonchev–Trinajstić information content (AvgIpc) is 2.60. The standard InChI is InChI=1S/C17H16ClFN2O5/c1-20(9-11-3-5-15(25-2)13(19)7-11)17(22)10-26-16-6-4-12(18)8-14(16)21(23)24/h3-8H,9-10H2,1-2H3. The number of amides is 1. The summed E-state index contributed by atoms with van der Waals surface area (Å²) in [7, 11) is 2.88. The molecule has 26 heavy (non-hydrogen) atoms. The van der Waals surface area contributed by atoms with Crippen molar-refractivity contribution in [2.24, 2.45) is 0 Å². The number of nitro groups is 1. The van der Waals surface area contributed by atoms with Crippen LogP contribution < -0.4 is 9.47 Å². The first-order valence-corrected chi connectivity index (χ1v) is 7.82. The third-order valence-electron chi connectivity index (χ3n) is 3.53. The first-order valence-electron chi connectivity index (χ1n) is 7.45. The molecule has 0 aliphatic rings. The summed E-state index contributed by atoms with van der Waals surface area (Å²) < 4.78 is 23.8. The molecule has 0 saturated carbocycles. The fraction of sp³-hybridized carbons (Fsp3) is 0.235. The predicted octanol–water partition coefficient (Wildman–Crippen LogP) is 3.43. The Hall–Kier alpha value is -2.87. The lowest BCUT2D eigenvalue weighted by Gasteiger charge is -2.18. The van der Waals surface area contributed by atoms with Crippen molar-refractivity contribution in [3.63, 3.8) is 0 Å². The van der Waals surface area contributed by atoms with Crippen molar-refractivity contribution >= 4 is 23.2 Å². The largest absolute Gasteiger partial charge is 0.494 e. The van der Waals surface area contributed by atoms with E-state index in [4.69, 9.17) is 21.1 Å². The molecule has 0 bridgehead atoms. The zero-order valence-corrected chi connectivity index (χ0v) is 14.8. The molecular weight excluding hydrogens is 367 g/mol. The van der Waals surface area contributed by atoms with Crippen LogP contribution in [0.25, 0.3) is 0 Å².